The van der Waals surface area contributed by atoms with Crippen molar-refractivity contribution in [3.63, 3.8) is 0 Å². The van der Waals surface area contributed by atoms with Crippen LogP contribution in [0.15, 0.2) is 35.4 Å². The van der Waals surface area contributed by atoms with Crippen molar-refractivity contribution < 1.29 is 0 Å². The van der Waals surface area contributed by atoms with Crippen LogP contribution in [0.4, 0.5) is 0 Å². The fourth-order valence-electron chi connectivity index (χ4n) is 3.67. The Kier molecular flexibility index (Phi) is 4.29. The lowest BCUT2D eigenvalue weighted by Crippen LogP contribution is -2.41. The van der Waals surface area contributed by atoms with Gasteiger partial charge < -0.3 is 0 Å². The van der Waals surface area contributed by atoms with Gasteiger partial charge in [0, 0.05) is 28.4 Å². The molecular formula is C15H19BrN4. The zero-order valence-electron chi connectivity index (χ0n) is 11.4. The number of benzene rings is 1. The third kappa shape index (κ3) is 2.71. The van der Waals surface area contributed by atoms with E-state index in [1.165, 1.54) is 12.0 Å². The molecule has 4 atom stereocenters. The van der Waals surface area contributed by atoms with Crippen LogP contribution in [0.25, 0.3) is 10.4 Å². The lowest BCUT2D eigenvalue weighted by molar-refractivity contribution is 0.177. The van der Waals surface area contributed by atoms with Crippen LogP contribution >= 0.6 is 15.9 Å². The molecule has 0 aromatic heterocycles. The molecule has 0 aliphatic carbocycles. The van der Waals surface area contributed by atoms with E-state index >= 15 is 0 Å². The molecule has 5 heteroatoms. The highest BCUT2D eigenvalue weighted by molar-refractivity contribution is 9.09. The van der Waals surface area contributed by atoms with Crippen LogP contribution in [0.1, 0.15) is 31.2 Å². The second kappa shape index (κ2) is 6.17. The Hall–Kier alpha value is -1.03. The van der Waals surface area contributed by atoms with E-state index in [1.54, 1.807) is 0 Å². The molecule has 2 saturated heterocycles. The first kappa shape index (κ1) is 13.9. The number of hydrogen-bond acceptors (Lipinski definition) is 2. The lowest BCUT2D eigenvalue weighted by atomic mass is 9.97. The molecule has 2 heterocycles. The summed E-state index contributed by atoms with van der Waals surface area (Å²) in [6, 6.07) is 11.7. The van der Waals surface area contributed by atoms with Crippen LogP contribution in [-0.2, 0) is 6.54 Å². The Morgan fingerprint density at radius 1 is 1.15 bits per heavy atom. The van der Waals surface area contributed by atoms with Gasteiger partial charge in [0.05, 0.1) is 6.04 Å². The highest BCUT2D eigenvalue weighted by Crippen LogP contribution is 2.39. The monoisotopic (exact) mass is 334 g/mol. The normalized spacial score (nSPS) is 33.5. The molecule has 0 N–H and O–H groups in total. The molecule has 1 aromatic carbocycles. The van der Waals surface area contributed by atoms with Gasteiger partial charge in [0.25, 0.3) is 0 Å². The molecule has 2 unspecified atom stereocenters. The SMILES string of the molecule is [N-]=[N+]=NC1CCC(Br)[C@H]2CC[C@@H]1N2Cc1ccccc1. The first-order chi connectivity index (χ1) is 9.79. The summed E-state index contributed by atoms with van der Waals surface area (Å²) in [5.41, 5.74) is 10.1. The Morgan fingerprint density at radius 2 is 1.90 bits per heavy atom. The summed E-state index contributed by atoms with van der Waals surface area (Å²) in [6.07, 6.45) is 4.43. The largest absolute Gasteiger partial charge is 0.292 e. The average molecular weight is 335 g/mol. The Labute approximate surface area is 127 Å². The maximum absolute atomic E-state index is 8.81. The number of azide groups is 1. The second-order valence-electron chi connectivity index (χ2n) is 5.74. The topological polar surface area (TPSA) is 52.0 Å². The van der Waals surface area contributed by atoms with Crippen LogP contribution < -0.4 is 0 Å². The van der Waals surface area contributed by atoms with Gasteiger partial charge in [0.2, 0.25) is 0 Å². The minimum atomic E-state index is 0.122. The number of alkyl halides is 1. The minimum Gasteiger partial charge on any atom is -0.292 e. The average Bonchev–Trinajstić information content (AvgIpc) is 2.82. The van der Waals surface area contributed by atoms with Crippen LogP contribution in [0.3, 0.4) is 0 Å². The molecule has 2 aliphatic rings. The highest BCUT2D eigenvalue weighted by atomic mass is 79.9. The van der Waals surface area contributed by atoms with Crippen molar-refractivity contribution in [3.8, 4) is 0 Å². The van der Waals surface area contributed by atoms with Crippen molar-refractivity contribution in [2.45, 2.75) is 55.2 Å². The van der Waals surface area contributed by atoms with E-state index in [0.29, 0.717) is 16.9 Å². The third-order valence-corrected chi connectivity index (χ3v) is 5.69. The van der Waals surface area contributed by atoms with E-state index in [4.69, 9.17) is 5.53 Å². The van der Waals surface area contributed by atoms with Crippen LogP contribution in [0.5, 0.6) is 0 Å². The number of hydrogen-bond donors (Lipinski definition) is 0. The maximum Gasteiger partial charge on any atom is 0.0530 e. The molecular weight excluding hydrogens is 316 g/mol. The number of nitrogens with zero attached hydrogens (tertiary/aromatic N) is 4. The molecule has 0 radical (unpaired) electrons. The molecule has 0 saturated carbocycles. The van der Waals surface area contributed by atoms with Crippen LogP contribution in [0.2, 0.25) is 0 Å². The molecule has 2 bridgehead atoms. The molecule has 0 amide bonds. The second-order valence-corrected chi connectivity index (χ2v) is 6.91. The standard InChI is InChI=1S/C15H19BrN4/c16-12-6-7-13(18-19-17)15-9-8-14(12)20(15)10-11-4-2-1-3-5-11/h1-5,12-15H,6-10H2/t12?,13?,14-,15+/m1/s1. The zero-order valence-corrected chi connectivity index (χ0v) is 13.0. The molecule has 0 spiro atoms. The predicted molar refractivity (Wildman–Crippen MR) is 83.7 cm³/mol. The Balaban J connectivity index is 1.85. The van der Waals surface area contributed by atoms with Gasteiger partial charge in [0.15, 0.2) is 0 Å². The minimum absolute atomic E-state index is 0.122. The molecule has 3 rings (SSSR count). The summed E-state index contributed by atoms with van der Waals surface area (Å²) in [5.74, 6) is 0. The summed E-state index contributed by atoms with van der Waals surface area (Å²) in [7, 11) is 0. The van der Waals surface area contributed by atoms with E-state index < -0.39 is 0 Å². The molecule has 1 aromatic rings. The van der Waals surface area contributed by atoms with Crippen molar-refractivity contribution in [3.05, 3.63) is 46.3 Å². The van der Waals surface area contributed by atoms with Crippen molar-refractivity contribution in [1.29, 1.82) is 0 Å². The van der Waals surface area contributed by atoms with E-state index in [0.717, 1.165) is 25.8 Å². The smallest absolute Gasteiger partial charge is 0.0530 e. The molecule has 2 aliphatic heterocycles. The van der Waals surface area contributed by atoms with Gasteiger partial charge in [-0.2, -0.15) is 0 Å². The van der Waals surface area contributed by atoms with Gasteiger partial charge in [-0.15, -0.1) is 0 Å². The highest BCUT2D eigenvalue weighted by Gasteiger charge is 2.43. The molecule has 4 nitrogen and oxygen atoms in total. The predicted octanol–water partition coefficient (Wildman–Crippen LogP) is 4.26. The Bertz CT molecular complexity index is 500. The van der Waals surface area contributed by atoms with Gasteiger partial charge in [-0.3, -0.25) is 4.90 Å². The summed E-state index contributed by atoms with van der Waals surface area (Å²) in [5, 5.41) is 4.07. The maximum atomic E-state index is 8.81. The van der Waals surface area contributed by atoms with Gasteiger partial charge in [0.1, 0.15) is 0 Å². The van der Waals surface area contributed by atoms with Gasteiger partial charge >= 0.3 is 0 Å². The number of halogens is 1. The molecule has 20 heavy (non-hydrogen) atoms. The van der Waals surface area contributed by atoms with Crippen molar-refractivity contribution in [1.82, 2.24) is 4.90 Å². The number of rotatable bonds is 3. The fourth-order valence-corrected chi connectivity index (χ4v) is 4.50. The summed E-state index contributed by atoms with van der Waals surface area (Å²) in [6.45, 7) is 0.954. The zero-order chi connectivity index (χ0) is 13.9. The summed E-state index contributed by atoms with van der Waals surface area (Å²) >= 11 is 3.85. The van der Waals surface area contributed by atoms with Crippen molar-refractivity contribution in [2.75, 3.05) is 0 Å². The first-order valence-electron chi connectivity index (χ1n) is 7.27. The first-order valence-corrected chi connectivity index (χ1v) is 8.19. The quantitative estimate of drug-likeness (QED) is 0.352. The van der Waals surface area contributed by atoms with Crippen LogP contribution in [-0.4, -0.2) is 27.9 Å². The Morgan fingerprint density at radius 3 is 2.65 bits per heavy atom. The van der Waals surface area contributed by atoms with Crippen molar-refractivity contribution >= 4 is 15.9 Å². The van der Waals surface area contributed by atoms with Gasteiger partial charge in [-0.05, 0) is 36.8 Å². The van der Waals surface area contributed by atoms with Crippen LogP contribution in [0, 0.1) is 0 Å². The van der Waals surface area contributed by atoms with Gasteiger partial charge in [-0.25, -0.2) is 0 Å². The third-order valence-electron chi connectivity index (χ3n) is 4.62. The van der Waals surface area contributed by atoms with E-state index in [-0.39, 0.29) is 6.04 Å². The molecule has 2 fully saturated rings. The summed E-state index contributed by atoms with van der Waals surface area (Å²) in [4.78, 5) is 6.13. The fraction of sp³-hybridized carbons (Fsp3) is 0.600. The molecule has 106 valence electrons. The summed E-state index contributed by atoms with van der Waals surface area (Å²) < 4.78 is 0. The van der Waals surface area contributed by atoms with E-state index in [2.05, 4.69) is 61.2 Å². The van der Waals surface area contributed by atoms with Gasteiger partial charge in [-0.1, -0.05) is 51.4 Å². The van der Waals surface area contributed by atoms with E-state index in [1.807, 2.05) is 0 Å². The van der Waals surface area contributed by atoms with E-state index in [9.17, 15) is 0 Å². The van der Waals surface area contributed by atoms with Crippen molar-refractivity contribution in [2.24, 2.45) is 5.11 Å². The lowest BCUT2D eigenvalue weighted by Gasteiger charge is -2.31. The number of fused-ring (bicyclic) bond motifs is 2.